The minimum absolute atomic E-state index is 0.0672. The second-order valence-corrected chi connectivity index (χ2v) is 8.67. The maximum Gasteiger partial charge on any atom is 0.246 e. The van der Waals surface area contributed by atoms with Crippen LogP contribution >= 0.6 is 11.6 Å². The summed E-state index contributed by atoms with van der Waals surface area (Å²) in [4.78, 5) is 15.9. The summed E-state index contributed by atoms with van der Waals surface area (Å²) in [6, 6.07) is 6.48. The van der Waals surface area contributed by atoms with Gasteiger partial charge in [0.1, 0.15) is 21.3 Å². The highest BCUT2D eigenvalue weighted by Gasteiger charge is 2.44. The number of nitrogens with zero attached hydrogens (tertiary/aromatic N) is 1. The van der Waals surface area contributed by atoms with E-state index in [4.69, 9.17) is 11.6 Å². The summed E-state index contributed by atoms with van der Waals surface area (Å²) in [5, 5.41) is 2.51. The molecule has 0 fully saturated rings. The van der Waals surface area contributed by atoms with Crippen LogP contribution in [0.2, 0.25) is 5.02 Å². The van der Waals surface area contributed by atoms with Crippen LogP contribution < -0.4 is 5.32 Å². The molecule has 2 aromatic rings. The molecule has 0 aliphatic heterocycles. The molecule has 1 aromatic heterocycles. The van der Waals surface area contributed by atoms with Gasteiger partial charge in [0.05, 0.1) is 0 Å². The molecule has 0 aliphatic rings. The van der Waals surface area contributed by atoms with Crippen LogP contribution in [0.15, 0.2) is 41.4 Å². The van der Waals surface area contributed by atoms with Crippen LogP contribution in [0, 0.1) is 12.7 Å². The molecule has 1 N–H and O–H groups in total. The zero-order valence-corrected chi connectivity index (χ0v) is 14.9. The molecule has 0 bridgehead atoms. The van der Waals surface area contributed by atoms with E-state index in [1.54, 1.807) is 12.1 Å². The number of carbonyl (C=O) groups excluding carboxylic acids is 1. The Morgan fingerprint density at radius 3 is 2.46 bits per heavy atom. The number of aryl methyl sites for hydroxylation is 1. The van der Waals surface area contributed by atoms with Crippen LogP contribution in [0.4, 0.5) is 10.2 Å². The normalized spacial score (nSPS) is 12.0. The molecule has 0 spiro atoms. The van der Waals surface area contributed by atoms with Crippen molar-refractivity contribution in [2.75, 3.05) is 5.32 Å². The van der Waals surface area contributed by atoms with E-state index in [9.17, 15) is 17.6 Å². The fraction of sp³-hybridized carbons (Fsp3) is 0.250. The van der Waals surface area contributed by atoms with Gasteiger partial charge in [-0.05, 0) is 50.6 Å². The van der Waals surface area contributed by atoms with Crippen molar-refractivity contribution in [3.8, 4) is 0 Å². The molecule has 0 aliphatic carbocycles. The molecular weight excluding hydrogens is 355 g/mol. The van der Waals surface area contributed by atoms with E-state index in [0.717, 1.165) is 17.7 Å². The zero-order chi connectivity index (χ0) is 18.1. The fourth-order valence-electron chi connectivity index (χ4n) is 1.90. The molecule has 0 radical (unpaired) electrons. The number of hydrogen-bond acceptors (Lipinski definition) is 4. The van der Waals surface area contributed by atoms with Gasteiger partial charge >= 0.3 is 0 Å². The zero-order valence-electron chi connectivity index (χ0n) is 13.3. The largest absolute Gasteiger partial charge is 0.309 e. The summed E-state index contributed by atoms with van der Waals surface area (Å²) in [5.74, 6) is -1.60. The number of nitrogens with one attached hydrogen (secondary N) is 1. The molecule has 0 unspecified atom stereocenters. The number of pyridine rings is 1. The summed E-state index contributed by atoms with van der Waals surface area (Å²) in [6.45, 7) is 4.25. The van der Waals surface area contributed by atoms with Gasteiger partial charge in [0.2, 0.25) is 5.91 Å². The predicted octanol–water partition coefficient (Wildman–Crippen LogP) is 3.37. The Labute approximate surface area is 144 Å². The highest BCUT2D eigenvalue weighted by atomic mass is 35.5. The van der Waals surface area contributed by atoms with Crippen molar-refractivity contribution in [1.82, 2.24) is 4.98 Å². The lowest BCUT2D eigenvalue weighted by Crippen LogP contribution is -2.44. The monoisotopic (exact) mass is 370 g/mol. The van der Waals surface area contributed by atoms with E-state index in [0.29, 0.717) is 0 Å². The average Bonchev–Trinajstić information content (AvgIpc) is 2.48. The van der Waals surface area contributed by atoms with Crippen molar-refractivity contribution in [3.63, 3.8) is 0 Å². The van der Waals surface area contributed by atoms with E-state index >= 15 is 0 Å². The van der Waals surface area contributed by atoms with Gasteiger partial charge in [-0.25, -0.2) is 17.8 Å². The van der Waals surface area contributed by atoms with Crippen molar-refractivity contribution in [2.24, 2.45) is 0 Å². The van der Waals surface area contributed by atoms with Crippen LogP contribution in [0.1, 0.15) is 19.4 Å². The fourth-order valence-corrected chi connectivity index (χ4v) is 3.47. The lowest BCUT2D eigenvalue weighted by molar-refractivity contribution is -0.117. The molecule has 1 aromatic carbocycles. The van der Waals surface area contributed by atoms with E-state index in [2.05, 4.69) is 10.3 Å². The van der Waals surface area contributed by atoms with Gasteiger partial charge in [-0.1, -0.05) is 17.7 Å². The highest BCUT2D eigenvalue weighted by Crippen LogP contribution is 2.29. The molecule has 0 saturated carbocycles. The van der Waals surface area contributed by atoms with E-state index < -0.39 is 31.2 Å². The summed E-state index contributed by atoms with van der Waals surface area (Å²) >= 11 is 5.64. The number of hydrogen-bond donors (Lipinski definition) is 1. The molecule has 0 atom stereocenters. The maximum atomic E-state index is 14.0. The van der Waals surface area contributed by atoms with E-state index in [-0.39, 0.29) is 10.8 Å². The quantitative estimate of drug-likeness (QED) is 0.895. The molecular formula is C16H16ClFN2O3S. The molecule has 8 heteroatoms. The molecule has 0 saturated heterocycles. The van der Waals surface area contributed by atoms with Crippen molar-refractivity contribution < 1.29 is 17.6 Å². The first kappa shape index (κ1) is 18.4. The molecule has 5 nitrogen and oxygen atoms in total. The Morgan fingerprint density at radius 1 is 1.25 bits per heavy atom. The third-order valence-electron chi connectivity index (χ3n) is 3.56. The van der Waals surface area contributed by atoms with Crippen LogP contribution in [-0.4, -0.2) is 24.1 Å². The SMILES string of the molecule is Cc1ccc(NC(=O)C(C)(C)S(=O)(=O)c2ccc(Cl)cc2F)nc1. The first-order chi connectivity index (χ1) is 11.1. The van der Waals surface area contributed by atoms with Gasteiger partial charge in [0.15, 0.2) is 9.84 Å². The summed E-state index contributed by atoms with van der Waals surface area (Å²) in [6.07, 6.45) is 1.54. The third kappa shape index (κ3) is 3.42. The Balaban J connectivity index is 2.36. The number of aromatic nitrogens is 1. The average molecular weight is 371 g/mol. The lowest BCUT2D eigenvalue weighted by Gasteiger charge is -2.24. The Morgan fingerprint density at radius 2 is 1.92 bits per heavy atom. The summed E-state index contributed by atoms with van der Waals surface area (Å²) in [5.41, 5.74) is 0.892. The van der Waals surface area contributed by atoms with Gasteiger partial charge < -0.3 is 5.32 Å². The molecule has 1 amide bonds. The molecule has 2 rings (SSSR count). The van der Waals surface area contributed by atoms with Gasteiger partial charge in [0.25, 0.3) is 0 Å². The maximum absolute atomic E-state index is 14.0. The molecule has 1 heterocycles. The first-order valence-electron chi connectivity index (χ1n) is 6.99. The van der Waals surface area contributed by atoms with Crippen molar-refractivity contribution in [2.45, 2.75) is 30.4 Å². The second-order valence-electron chi connectivity index (χ2n) is 5.76. The van der Waals surface area contributed by atoms with Crippen LogP contribution in [0.5, 0.6) is 0 Å². The second kappa shape index (κ2) is 6.49. The Kier molecular flexibility index (Phi) is 4.96. The third-order valence-corrected chi connectivity index (χ3v) is 6.23. The van der Waals surface area contributed by atoms with Crippen molar-refractivity contribution in [3.05, 3.63) is 52.9 Å². The number of sulfone groups is 1. The number of carbonyl (C=O) groups is 1. The molecule has 128 valence electrons. The molecule has 24 heavy (non-hydrogen) atoms. The first-order valence-corrected chi connectivity index (χ1v) is 8.85. The minimum Gasteiger partial charge on any atom is -0.309 e. The van der Waals surface area contributed by atoms with Crippen LogP contribution in [0.25, 0.3) is 0 Å². The van der Waals surface area contributed by atoms with Crippen molar-refractivity contribution >= 4 is 33.2 Å². The van der Waals surface area contributed by atoms with Crippen molar-refractivity contribution in [1.29, 1.82) is 0 Å². The number of anilines is 1. The lowest BCUT2D eigenvalue weighted by atomic mass is 10.2. The number of halogens is 2. The van der Waals surface area contributed by atoms with E-state index in [1.807, 2.05) is 6.92 Å². The number of rotatable bonds is 4. The number of benzene rings is 1. The Hall–Kier alpha value is -1.99. The topological polar surface area (TPSA) is 76.1 Å². The number of amides is 1. The highest BCUT2D eigenvalue weighted by molar-refractivity contribution is 7.93. The smallest absolute Gasteiger partial charge is 0.246 e. The van der Waals surface area contributed by atoms with Gasteiger partial charge in [-0.3, -0.25) is 4.79 Å². The predicted molar refractivity (Wildman–Crippen MR) is 90.3 cm³/mol. The van der Waals surface area contributed by atoms with Crippen LogP contribution in [0.3, 0.4) is 0 Å². The van der Waals surface area contributed by atoms with Gasteiger partial charge in [-0.2, -0.15) is 0 Å². The minimum atomic E-state index is -4.29. The Bertz CT molecular complexity index is 881. The standard InChI is InChI=1S/C16H16ClFN2O3S/c1-10-4-7-14(19-9-10)20-15(21)16(2,3)24(22,23)13-6-5-11(17)8-12(13)18/h4-9H,1-3H3,(H,19,20,21). The summed E-state index contributed by atoms with van der Waals surface area (Å²) < 4.78 is 37.5. The summed E-state index contributed by atoms with van der Waals surface area (Å²) in [7, 11) is -4.29. The van der Waals surface area contributed by atoms with Gasteiger partial charge in [0, 0.05) is 11.2 Å². The van der Waals surface area contributed by atoms with Crippen LogP contribution in [-0.2, 0) is 14.6 Å². The van der Waals surface area contributed by atoms with Gasteiger partial charge in [-0.15, -0.1) is 0 Å². The van der Waals surface area contributed by atoms with E-state index in [1.165, 1.54) is 26.1 Å².